The molecule has 0 bridgehead atoms. The summed E-state index contributed by atoms with van der Waals surface area (Å²) in [6, 6.07) is 1.95. The highest BCUT2D eigenvalue weighted by molar-refractivity contribution is 5.80. The third kappa shape index (κ3) is 6.67. The molecule has 0 spiro atoms. The fraction of sp³-hybridized carbons (Fsp3) is 0.667. The fourth-order valence-electron chi connectivity index (χ4n) is 4.58. The van der Waals surface area contributed by atoms with E-state index in [1.807, 2.05) is 25.1 Å². The first-order valence-corrected chi connectivity index (χ1v) is 11.3. The van der Waals surface area contributed by atoms with Crippen molar-refractivity contribution >= 4 is 11.8 Å². The Labute approximate surface area is 191 Å². The van der Waals surface area contributed by atoms with E-state index in [9.17, 15) is 19.6 Å². The number of H-pyrrole nitrogens is 1. The number of rotatable bonds is 8. The minimum absolute atomic E-state index is 0.000773. The van der Waals surface area contributed by atoms with E-state index in [-0.39, 0.29) is 34.3 Å². The third-order valence-electron chi connectivity index (χ3n) is 6.21. The predicted molar refractivity (Wildman–Crippen MR) is 124 cm³/mol. The smallest absolute Gasteiger partial charge is 0.266 e. The summed E-state index contributed by atoms with van der Waals surface area (Å²) in [6.45, 7) is 10.5. The topological polar surface area (TPSA) is 109 Å². The number of carbonyl (C=O) groups excluding carboxylic acids is 2. The molecule has 0 aromatic carbocycles. The zero-order valence-corrected chi connectivity index (χ0v) is 20.3. The highest BCUT2D eigenvalue weighted by Gasteiger charge is 2.29. The van der Waals surface area contributed by atoms with Crippen LogP contribution in [0.1, 0.15) is 55.5 Å². The number of aromatic nitrogens is 1. The Morgan fingerprint density at radius 1 is 1.25 bits per heavy atom. The van der Waals surface area contributed by atoms with Crippen LogP contribution in [-0.2, 0) is 16.0 Å². The zero-order valence-electron chi connectivity index (χ0n) is 20.3. The lowest BCUT2D eigenvalue weighted by Gasteiger charge is -2.33. The van der Waals surface area contributed by atoms with E-state index in [0.29, 0.717) is 56.6 Å². The Morgan fingerprint density at radius 3 is 2.44 bits per heavy atom. The number of nitrogens with one attached hydrogen (secondary N) is 2. The summed E-state index contributed by atoms with van der Waals surface area (Å²) in [4.78, 5) is 43.9. The van der Waals surface area contributed by atoms with Gasteiger partial charge >= 0.3 is 0 Å². The van der Waals surface area contributed by atoms with Gasteiger partial charge in [-0.15, -0.1) is 0 Å². The first-order chi connectivity index (χ1) is 14.9. The maximum Gasteiger partial charge on any atom is 0.266 e. The summed E-state index contributed by atoms with van der Waals surface area (Å²) in [5.74, 6) is 0.0583. The van der Waals surface area contributed by atoms with Crippen molar-refractivity contribution in [2.45, 2.75) is 53.4 Å². The summed E-state index contributed by atoms with van der Waals surface area (Å²) in [6.07, 6.45) is 2.12. The van der Waals surface area contributed by atoms with Gasteiger partial charge in [-0.25, -0.2) is 0 Å². The number of hydrogen-bond donors (Lipinski definition) is 2. The van der Waals surface area contributed by atoms with Crippen LogP contribution in [0.2, 0.25) is 0 Å². The maximum absolute atomic E-state index is 12.7. The molecule has 0 unspecified atom stereocenters. The van der Waals surface area contributed by atoms with Crippen molar-refractivity contribution in [3.05, 3.63) is 32.7 Å². The molecule has 1 aromatic rings. The van der Waals surface area contributed by atoms with Crippen molar-refractivity contribution in [2.75, 3.05) is 40.3 Å². The molecule has 0 atom stereocenters. The number of aryl methyl sites for hydroxylation is 1. The molecule has 2 heterocycles. The second-order valence-electron chi connectivity index (χ2n) is 9.94. The van der Waals surface area contributed by atoms with Crippen molar-refractivity contribution in [3.63, 3.8) is 0 Å². The molecule has 1 aliphatic rings. The molecule has 1 aliphatic heterocycles. The monoisotopic (exact) mass is 443 g/mol. The number of likely N-dealkylation sites (tertiary alicyclic amines) is 1. The van der Waals surface area contributed by atoms with Crippen LogP contribution < -0.4 is 10.9 Å². The Kier molecular flexibility index (Phi) is 8.62. The zero-order chi connectivity index (χ0) is 24.1. The number of hydrogen-bond acceptors (Lipinski definition) is 5. The van der Waals surface area contributed by atoms with Crippen molar-refractivity contribution < 1.29 is 9.59 Å². The SMILES string of the molecule is Cc1[nH]c(=O)c(C#N)c(C)c1CCC(=O)N1CCC(C(=O)NCC(C)(C)CN(C)C)CC1. The lowest BCUT2D eigenvalue weighted by atomic mass is 9.91. The third-order valence-corrected chi connectivity index (χ3v) is 6.21. The molecule has 1 fully saturated rings. The quantitative estimate of drug-likeness (QED) is 0.636. The first-order valence-electron chi connectivity index (χ1n) is 11.3. The average molecular weight is 444 g/mol. The molecular weight excluding hydrogens is 406 g/mol. The summed E-state index contributed by atoms with van der Waals surface area (Å²) in [5, 5.41) is 12.3. The van der Waals surface area contributed by atoms with Gasteiger partial charge in [-0.05, 0) is 63.7 Å². The van der Waals surface area contributed by atoms with Crippen LogP contribution in [0.3, 0.4) is 0 Å². The number of piperidine rings is 1. The molecule has 0 radical (unpaired) electrons. The largest absolute Gasteiger partial charge is 0.355 e. The molecule has 8 nitrogen and oxygen atoms in total. The summed E-state index contributed by atoms with van der Waals surface area (Å²) in [5.41, 5.74) is 1.92. The van der Waals surface area contributed by atoms with E-state index < -0.39 is 0 Å². The second kappa shape index (κ2) is 10.8. The molecule has 0 saturated carbocycles. The van der Waals surface area contributed by atoms with Crippen molar-refractivity contribution in [1.82, 2.24) is 20.1 Å². The van der Waals surface area contributed by atoms with Crippen LogP contribution >= 0.6 is 0 Å². The summed E-state index contributed by atoms with van der Waals surface area (Å²) >= 11 is 0. The first kappa shape index (κ1) is 25.6. The van der Waals surface area contributed by atoms with E-state index in [2.05, 4.69) is 29.0 Å². The Hall–Kier alpha value is -2.66. The molecule has 176 valence electrons. The lowest BCUT2D eigenvalue weighted by Crippen LogP contribution is -2.46. The molecule has 2 rings (SSSR count). The molecule has 1 aromatic heterocycles. The number of aromatic amines is 1. The summed E-state index contributed by atoms with van der Waals surface area (Å²) < 4.78 is 0. The molecule has 8 heteroatoms. The number of pyridine rings is 1. The molecule has 32 heavy (non-hydrogen) atoms. The van der Waals surface area contributed by atoms with Gasteiger partial charge in [0, 0.05) is 44.2 Å². The second-order valence-corrected chi connectivity index (χ2v) is 9.94. The van der Waals surface area contributed by atoms with Gasteiger partial charge in [0.25, 0.3) is 5.56 Å². The van der Waals surface area contributed by atoms with Gasteiger partial charge in [0.15, 0.2) is 0 Å². The van der Waals surface area contributed by atoms with E-state index in [4.69, 9.17) is 0 Å². The van der Waals surface area contributed by atoms with Crippen LogP contribution in [0, 0.1) is 36.5 Å². The van der Waals surface area contributed by atoms with Gasteiger partial charge in [0.2, 0.25) is 11.8 Å². The van der Waals surface area contributed by atoms with Crippen LogP contribution in [0.25, 0.3) is 0 Å². The van der Waals surface area contributed by atoms with Crippen molar-refractivity contribution in [3.8, 4) is 6.07 Å². The van der Waals surface area contributed by atoms with Gasteiger partial charge in [0.1, 0.15) is 11.6 Å². The number of carbonyl (C=O) groups is 2. The van der Waals surface area contributed by atoms with Gasteiger partial charge in [-0.3, -0.25) is 14.4 Å². The van der Waals surface area contributed by atoms with Gasteiger partial charge < -0.3 is 20.1 Å². The minimum atomic E-state index is -0.386. The van der Waals surface area contributed by atoms with E-state index in [0.717, 1.165) is 12.1 Å². The van der Waals surface area contributed by atoms with Gasteiger partial charge in [-0.1, -0.05) is 13.8 Å². The molecular formula is C24H37N5O3. The van der Waals surface area contributed by atoms with E-state index >= 15 is 0 Å². The van der Waals surface area contributed by atoms with Crippen LogP contribution in [0.4, 0.5) is 0 Å². The van der Waals surface area contributed by atoms with Crippen LogP contribution in [-0.4, -0.2) is 66.9 Å². The lowest BCUT2D eigenvalue weighted by molar-refractivity contribution is -0.135. The van der Waals surface area contributed by atoms with Crippen LogP contribution in [0.15, 0.2) is 4.79 Å². The van der Waals surface area contributed by atoms with Crippen molar-refractivity contribution in [2.24, 2.45) is 11.3 Å². The maximum atomic E-state index is 12.7. The highest BCUT2D eigenvalue weighted by Crippen LogP contribution is 2.21. The molecule has 0 aliphatic carbocycles. The predicted octanol–water partition coefficient (Wildman–Crippen LogP) is 1.74. The summed E-state index contributed by atoms with van der Waals surface area (Å²) in [7, 11) is 4.05. The molecule has 2 N–H and O–H groups in total. The normalized spacial score (nSPS) is 15.0. The van der Waals surface area contributed by atoms with Crippen molar-refractivity contribution in [1.29, 1.82) is 5.26 Å². The standard InChI is InChI=1S/C24H37N5O3/c1-16-19(17(2)27-23(32)20(16)13-25)7-8-21(30)29-11-9-18(10-12-29)22(31)26-14-24(3,4)15-28(5)6/h18H,7-12,14-15H2,1-6H3,(H,26,31)(H,27,32). The minimum Gasteiger partial charge on any atom is -0.355 e. The van der Waals surface area contributed by atoms with E-state index in [1.54, 1.807) is 13.8 Å². The van der Waals surface area contributed by atoms with Crippen LogP contribution in [0.5, 0.6) is 0 Å². The highest BCUT2D eigenvalue weighted by atomic mass is 16.2. The fourth-order valence-corrected chi connectivity index (χ4v) is 4.58. The Bertz CT molecular complexity index is 934. The van der Waals surface area contributed by atoms with Gasteiger partial charge in [0.05, 0.1) is 0 Å². The number of amides is 2. The Morgan fingerprint density at radius 2 is 1.88 bits per heavy atom. The average Bonchev–Trinajstić information content (AvgIpc) is 2.71. The number of nitrogens with zero attached hydrogens (tertiary/aromatic N) is 3. The molecule has 2 amide bonds. The van der Waals surface area contributed by atoms with Gasteiger partial charge in [-0.2, -0.15) is 5.26 Å². The number of nitriles is 1. The molecule has 1 saturated heterocycles. The van der Waals surface area contributed by atoms with E-state index in [1.165, 1.54) is 0 Å². The Balaban J connectivity index is 1.85.